The Morgan fingerprint density at radius 3 is 2.30 bits per heavy atom. The number of hydrogen-bond acceptors (Lipinski definition) is 4. The van der Waals surface area contributed by atoms with Crippen LogP contribution in [-0.4, -0.2) is 27.2 Å². The largest absolute Gasteiger partial charge is 0.468 e. The van der Waals surface area contributed by atoms with E-state index in [2.05, 4.69) is 14.7 Å². The summed E-state index contributed by atoms with van der Waals surface area (Å²) < 4.78 is 81.0. The van der Waals surface area contributed by atoms with Gasteiger partial charge in [-0.1, -0.05) is 6.07 Å². The fraction of sp³-hybridized carbons (Fsp3) is 0.188. The van der Waals surface area contributed by atoms with Crippen LogP contribution < -0.4 is 4.74 Å². The molecule has 5 nitrogen and oxygen atoms in total. The van der Waals surface area contributed by atoms with Gasteiger partial charge in [0.25, 0.3) is 0 Å². The zero-order chi connectivity index (χ0) is 19.8. The fourth-order valence-corrected chi connectivity index (χ4v) is 2.33. The fourth-order valence-electron chi connectivity index (χ4n) is 2.33. The van der Waals surface area contributed by atoms with E-state index in [4.69, 9.17) is 5.26 Å². The van der Waals surface area contributed by atoms with Gasteiger partial charge in [0.15, 0.2) is 12.3 Å². The summed E-state index contributed by atoms with van der Waals surface area (Å²) in [5, 5.41) is 8.94. The zero-order valence-electron chi connectivity index (χ0n) is 13.1. The van der Waals surface area contributed by atoms with E-state index >= 15 is 0 Å². The molecule has 0 spiro atoms. The molecule has 3 rings (SSSR count). The molecule has 0 aliphatic carbocycles. The van der Waals surface area contributed by atoms with Gasteiger partial charge < -0.3 is 4.74 Å². The van der Waals surface area contributed by atoms with E-state index in [9.17, 15) is 26.3 Å². The highest BCUT2D eigenvalue weighted by Gasteiger charge is 2.37. The number of fused-ring (bicyclic) bond motifs is 1. The van der Waals surface area contributed by atoms with Crippen molar-refractivity contribution in [1.82, 2.24) is 14.4 Å². The van der Waals surface area contributed by atoms with E-state index in [0.717, 1.165) is 10.6 Å². The first-order valence-electron chi connectivity index (χ1n) is 7.24. The Morgan fingerprint density at radius 2 is 1.74 bits per heavy atom. The third-order valence-corrected chi connectivity index (χ3v) is 3.45. The maximum atomic E-state index is 13.1. The smallest absolute Gasteiger partial charge is 0.450 e. The third kappa shape index (κ3) is 3.94. The van der Waals surface area contributed by atoms with Gasteiger partial charge in [-0.25, -0.2) is 9.97 Å². The van der Waals surface area contributed by atoms with Crippen molar-refractivity contribution in [3.8, 4) is 23.1 Å². The lowest BCUT2D eigenvalue weighted by atomic mass is 10.1. The monoisotopic (exact) mass is 386 g/mol. The molecule has 0 radical (unpaired) electrons. The topological polar surface area (TPSA) is 63.2 Å². The van der Waals surface area contributed by atoms with Crippen LogP contribution in [0, 0.1) is 11.3 Å². The van der Waals surface area contributed by atoms with Crippen molar-refractivity contribution >= 4 is 5.52 Å². The summed E-state index contributed by atoms with van der Waals surface area (Å²) in [5.74, 6) is -1.53. The molecule has 0 aromatic carbocycles. The van der Waals surface area contributed by atoms with Crippen molar-refractivity contribution in [3.63, 3.8) is 0 Å². The second-order valence-electron chi connectivity index (χ2n) is 5.36. The predicted molar refractivity (Wildman–Crippen MR) is 79.7 cm³/mol. The molecule has 0 saturated heterocycles. The van der Waals surface area contributed by atoms with E-state index < -0.39 is 24.8 Å². The van der Waals surface area contributed by atoms with Crippen LogP contribution in [0.25, 0.3) is 16.6 Å². The highest BCUT2D eigenvalue weighted by molar-refractivity contribution is 5.68. The van der Waals surface area contributed by atoms with Crippen LogP contribution in [0.5, 0.6) is 5.88 Å². The van der Waals surface area contributed by atoms with Gasteiger partial charge in [-0.3, -0.25) is 4.40 Å². The van der Waals surface area contributed by atoms with Gasteiger partial charge in [-0.05, 0) is 17.7 Å². The molecule has 140 valence electrons. The molecule has 3 heterocycles. The number of nitriles is 1. The van der Waals surface area contributed by atoms with E-state index in [0.29, 0.717) is 11.1 Å². The average molecular weight is 386 g/mol. The normalized spacial score (nSPS) is 12.2. The molecule has 0 saturated carbocycles. The number of imidazole rings is 1. The van der Waals surface area contributed by atoms with Gasteiger partial charge in [0.05, 0.1) is 5.52 Å². The SMILES string of the molecule is N#Cc1nc(C(F)(F)F)n2cc(-c3ccc(OCC(F)(F)F)nc3)ccc12. The molecule has 0 aliphatic heterocycles. The summed E-state index contributed by atoms with van der Waals surface area (Å²) in [5.41, 5.74) is 0.246. The van der Waals surface area contributed by atoms with Gasteiger partial charge in [0.2, 0.25) is 11.7 Å². The van der Waals surface area contributed by atoms with Crippen molar-refractivity contribution in [2.24, 2.45) is 0 Å². The second-order valence-corrected chi connectivity index (χ2v) is 5.36. The number of halogens is 6. The highest BCUT2D eigenvalue weighted by Crippen LogP contribution is 2.32. The molecule has 3 aromatic heterocycles. The van der Waals surface area contributed by atoms with Gasteiger partial charge in [-0.2, -0.15) is 31.6 Å². The molecule has 0 aliphatic rings. The number of nitrogens with zero attached hydrogens (tertiary/aromatic N) is 4. The summed E-state index contributed by atoms with van der Waals surface area (Å²) in [4.78, 5) is 7.02. The standard InChI is InChI=1S/C16H8F6N4O/c17-15(18,19)8-27-13-4-2-9(6-24-13)10-1-3-12-11(5-23)25-14(16(20,21)22)26(12)7-10/h1-4,6-7H,8H2. The van der Waals surface area contributed by atoms with Crippen LogP contribution in [0.4, 0.5) is 26.3 Å². The van der Waals surface area contributed by atoms with E-state index in [-0.39, 0.29) is 17.1 Å². The molecule has 0 amide bonds. The Hall–Kier alpha value is -3.29. The Balaban J connectivity index is 1.97. The first-order valence-corrected chi connectivity index (χ1v) is 7.24. The molecule has 11 heteroatoms. The molecule has 0 fully saturated rings. The Bertz CT molecular complexity index is 1010. The highest BCUT2D eigenvalue weighted by atomic mass is 19.4. The number of hydrogen-bond donors (Lipinski definition) is 0. The van der Waals surface area contributed by atoms with Crippen molar-refractivity contribution in [3.05, 3.63) is 48.2 Å². The van der Waals surface area contributed by atoms with Crippen LogP contribution in [0.15, 0.2) is 36.7 Å². The van der Waals surface area contributed by atoms with Crippen LogP contribution >= 0.6 is 0 Å². The average Bonchev–Trinajstić information content (AvgIpc) is 2.98. The van der Waals surface area contributed by atoms with Crippen LogP contribution in [0.3, 0.4) is 0 Å². The molecule has 3 aromatic rings. The second kappa shape index (κ2) is 6.46. The maximum absolute atomic E-state index is 13.1. The van der Waals surface area contributed by atoms with E-state index in [1.807, 2.05) is 0 Å². The summed E-state index contributed by atoms with van der Waals surface area (Å²) in [6.07, 6.45) is -7.00. The van der Waals surface area contributed by atoms with Crippen LogP contribution in [-0.2, 0) is 6.18 Å². The minimum atomic E-state index is -4.77. The maximum Gasteiger partial charge on any atom is 0.450 e. The van der Waals surface area contributed by atoms with Gasteiger partial charge >= 0.3 is 12.4 Å². The molecule has 0 bridgehead atoms. The van der Waals surface area contributed by atoms with Crippen LogP contribution in [0.2, 0.25) is 0 Å². The summed E-state index contributed by atoms with van der Waals surface area (Å²) in [6, 6.07) is 6.88. The molecule has 0 unspecified atom stereocenters. The van der Waals surface area contributed by atoms with Crippen molar-refractivity contribution < 1.29 is 31.1 Å². The number of ether oxygens (including phenoxy) is 1. The first kappa shape index (κ1) is 18.5. The third-order valence-electron chi connectivity index (χ3n) is 3.45. The lowest BCUT2D eigenvalue weighted by molar-refractivity contribution is -0.154. The first-order chi connectivity index (χ1) is 12.6. The summed E-state index contributed by atoms with van der Waals surface area (Å²) in [6.45, 7) is -1.51. The van der Waals surface area contributed by atoms with Crippen LogP contribution in [0.1, 0.15) is 11.5 Å². The van der Waals surface area contributed by atoms with Gasteiger partial charge in [-0.15, -0.1) is 0 Å². The van der Waals surface area contributed by atoms with Gasteiger partial charge in [0, 0.05) is 24.0 Å². The number of pyridine rings is 2. The predicted octanol–water partition coefficient (Wildman–Crippen LogP) is 4.23. The van der Waals surface area contributed by atoms with E-state index in [1.54, 1.807) is 6.07 Å². The number of alkyl halides is 6. The zero-order valence-corrected chi connectivity index (χ0v) is 13.1. The Morgan fingerprint density at radius 1 is 1.04 bits per heavy atom. The molecule has 0 atom stereocenters. The minimum absolute atomic E-state index is 0.0216. The molecule has 27 heavy (non-hydrogen) atoms. The number of aromatic nitrogens is 3. The lowest BCUT2D eigenvalue weighted by Gasteiger charge is -2.09. The van der Waals surface area contributed by atoms with Crippen molar-refractivity contribution in [2.45, 2.75) is 12.4 Å². The quantitative estimate of drug-likeness (QED) is 0.632. The molecule has 0 N–H and O–H groups in total. The number of rotatable bonds is 3. The van der Waals surface area contributed by atoms with E-state index in [1.165, 1.54) is 30.5 Å². The van der Waals surface area contributed by atoms with Gasteiger partial charge in [0.1, 0.15) is 6.07 Å². The molecular weight excluding hydrogens is 378 g/mol. The van der Waals surface area contributed by atoms with Crippen molar-refractivity contribution in [1.29, 1.82) is 5.26 Å². The Labute approximate surface area is 147 Å². The molecular formula is C16H8F6N4O. The Kier molecular flexibility index (Phi) is 4.43. The summed E-state index contributed by atoms with van der Waals surface area (Å²) >= 11 is 0. The van der Waals surface area contributed by atoms with Crippen molar-refractivity contribution in [2.75, 3.05) is 6.61 Å². The minimum Gasteiger partial charge on any atom is -0.468 e. The summed E-state index contributed by atoms with van der Waals surface area (Å²) in [7, 11) is 0. The lowest BCUT2D eigenvalue weighted by Crippen LogP contribution is -2.19.